The first-order valence-corrected chi connectivity index (χ1v) is 22.4. The van der Waals surface area contributed by atoms with Gasteiger partial charge in [-0.3, -0.25) is 24.2 Å². The summed E-state index contributed by atoms with van der Waals surface area (Å²) in [5.74, 6) is -1.96. The quantitative estimate of drug-likeness (QED) is 0.142. The van der Waals surface area contributed by atoms with Crippen LogP contribution < -0.4 is 10.6 Å². The van der Waals surface area contributed by atoms with Gasteiger partial charge in [-0.25, -0.2) is 4.98 Å². The van der Waals surface area contributed by atoms with Crippen molar-refractivity contribution in [3.8, 4) is 22.5 Å². The number of esters is 1. The minimum atomic E-state index is -0.958. The number of carbonyl (C=O) groups excluding carboxylic acids is 4. The van der Waals surface area contributed by atoms with Gasteiger partial charge in [-0.1, -0.05) is 33.8 Å². The summed E-state index contributed by atoms with van der Waals surface area (Å²) in [7, 11) is 3.38. The Balaban J connectivity index is 0.00000363. The van der Waals surface area contributed by atoms with Crippen molar-refractivity contribution in [2.45, 2.75) is 98.4 Å². The third-order valence-electron chi connectivity index (χ3n) is 12.6. The van der Waals surface area contributed by atoms with E-state index in [0.29, 0.717) is 37.4 Å². The number of thiazole rings is 1. The number of hydrogen-bond donors (Lipinski definition) is 2. The van der Waals surface area contributed by atoms with Gasteiger partial charge in [0.25, 0.3) is 0 Å². The number of cyclic esters (lactones) is 1. The molecule has 3 aliphatic rings. The molecule has 4 aromatic rings. The van der Waals surface area contributed by atoms with Gasteiger partial charge in [-0.2, -0.15) is 0 Å². The van der Waals surface area contributed by atoms with Gasteiger partial charge in [0.05, 0.1) is 46.6 Å². The van der Waals surface area contributed by atoms with Crippen molar-refractivity contribution in [1.82, 2.24) is 35.0 Å². The first-order valence-electron chi connectivity index (χ1n) is 21.5. The number of benzene rings is 1. The molecule has 0 saturated carbocycles. The van der Waals surface area contributed by atoms with E-state index >= 15 is 0 Å². The Kier molecular flexibility index (Phi) is 16.7. The largest absolute Gasteiger partial charge is 0.465 e. The van der Waals surface area contributed by atoms with Crippen LogP contribution in [0.25, 0.3) is 33.4 Å². The predicted molar refractivity (Wildman–Crippen MR) is 240 cm³/mol. The Bertz CT molecular complexity index is 2230. The van der Waals surface area contributed by atoms with Crippen LogP contribution in [0, 0.1) is 30.6 Å². The van der Waals surface area contributed by atoms with Crippen molar-refractivity contribution in [2.75, 3.05) is 46.9 Å². The summed E-state index contributed by atoms with van der Waals surface area (Å²) in [4.78, 5) is 69.4. The summed E-state index contributed by atoms with van der Waals surface area (Å²) in [5.41, 5.74) is 6.38. The van der Waals surface area contributed by atoms with Crippen molar-refractivity contribution in [3.63, 3.8) is 0 Å². The number of methoxy groups -OCH3 is 1. The van der Waals surface area contributed by atoms with Crippen LogP contribution in [0.15, 0.2) is 41.9 Å². The van der Waals surface area contributed by atoms with Gasteiger partial charge in [0.1, 0.15) is 12.1 Å². The predicted octanol–water partition coefficient (Wildman–Crippen LogP) is 6.49. The molecule has 0 spiro atoms. The minimum absolute atomic E-state index is 0. The molecule has 15 heteroatoms. The van der Waals surface area contributed by atoms with Crippen molar-refractivity contribution in [2.24, 2.45) is 23.2 Å². The first kappa shape index (κ1) is 49.5. The number of amides is 3. The van der Waals surface area contributed by atoms with Crippen molar-refractivity contribution in [1.29, 1.82) is 0 Å². The van der Waals surface area contributed by atoms with Gasteiger partial charge in [-0.05, 0) is 81.8 Å². The van der Waals surface area contributed by atoms with E-state index in [-0.39, 0.29) is 101 Å². The van der Waals surface area contributed by atoms with Crippen LogP contribution in [0.2, 0.25) is 0 Å². The second kappa shape index (κ2) is 21.0. The molecule has 2 fully saturated rings. The molecule has 5 atom stereocenters. The summed E-state index contributed by atoms with van der Waals surface area (Å²) in [6.07, 6.45) is 4.30. The Hall–Kier alpha value is -3.56. The summed E-state index contributed by atoms with van der Waals surface area (Å²) >= 11 is 1.45. The Morgan fingerprint density at radius 3 is 2.63 bits per heavy atom. The molecule has 3 amide bonds. The molecule has 3 aromatic heterocycles. The van der Waals surface area contributed by atoms with Crippen LogP contribution in [0.4, 0.5) is 0 Å². The first-order chi connectivity index (χ1) is 28.7. The molecule has 6 bridgehead atoms. The van der Waals surface area contributed by atoms with E-state index in [1.54, 1.807) is 30.2 Å². The molecule has 3 aliphatic heterocycles. The standard InChI is InChI=1S/C46H61N7O6S.CH3.Y/c1-9-53-37-15-14-29-20-33(37)34(41(53)32-13-10-17-48-39(32)28(4)58-8)22-46(5,6)26-59-45(57)31-12-11-19-52(24-31)44(56)35(21-38-49-36(29)25-60-38)50-42(54)40(27(2)3)51(7)43(55)30-16-18-47-23-30;;/h10,13-15,17,20,25,27-28,30-31,35,40,47H,9,11-12,16,18-19,21-24,26H2,1-8H3,(H,50,54);1H3;/q;-1;. The topological polar surface area (TPSA) is 148 Å². The summed E-state index contributed by atoms with van der Waals surface area (Å²) < 4.78 is 14.3. The van der Waals surface area contributed by atoms with E-state index in [9.17, 15) is 19.2 Å². The van der Waals surface area contributed by atoms with Crippen LogP contribution in [0.3, 0.4) is 0 Å². The zero-order valence-corrected chi connectivity index (χ0v) is 41.6. The monoisotopic (exact) mass is 943 g/mol. The average Bonchev–Trinajstić information content (AvgIpc) is 4.01. The van der Waals surface area contributed by atoms with E-state index in [2.05, 4.69) is 60.2 Å². The number of pyridine rings is 1. The summed E-state index contributed by atoms with van der Waals surface area (Å²) in [5, 5.41) is 10.1. The number of rotatable bonds is 9. The number of hydrogen-bond acceptors (Lipinski definition) is 10. The summed E-state index contributed by atoms with van der Waals surface area (Å²) in [6, 6.07) is 8.77. The molecule has 13 nitrogen and oxygen atoms in total. The Morgan fingerprint density at radius 1 is 1.16 bits per heavy atom. The van der Waals surface area contributed by atoms with Crippen LogP contribution in [-0.2, 0) is 80.7 Å². The van der Waals surface area contributed by atoms with Crippen molar-refractivity contribution < 1.29 is 61.4 Å². The molecule has 1 radical (unpaired) electrons. The van der Waals surface area contributed by atoms with Crippen LogP contribution in [0.5, 0.6) is 0 Å². The molecule has 5 unspecified atom stereocenters. The zero-order chi connectivity index (χ0) is 42.9. The van der Waals surface area contributed by atoms with E-state index in [0.717, 1.165) is 64.2 Å². The molecule has 7 rings (SSSR count). The molecular weight excluding hydrogens is 880 g/mol. The number of ether oxygens (including phenoxy) is 2. The third kappa shape index (κ3) is 10.4. The van der Waals surface area contributed by atoms with Gasteiger partial charge in [-0.15, -0.1) is 11.3 Å². The second-order valence-electron chi connectivity index (χ2n) is 17.9. The molecular formula is C47H64N7O6SY-. The number of carbonyl (C=O) groups is 4. The van der Waals surface area contributed by atoms with Gasteiger partial charge >= 0.3 is 5.97 Å². The third-order valence-corrected chi connectivity index (χ3v) is 13.4. The van der Waals surface area contributed by atoms with Crippen LogP contribution in [0.1, 0.15) is 83.2 Å². The maximum atomic E-state index is 14.6. The normalized spacial score (nSPS) is 21.3. The zero-order valence-electron chi connectivity index (χ0n) is 38.0. The average molecular weight is 944 g/mol. The minimum Gasteiger partial charge on any atom is -0.465 e. The fourth-order valence-electron chi connectivity index (χ4n) is 9.34. The smallest absolute Gasteiger partial charge is 0.310 e. The number of aryl methyl sites for hydroxylation is 1. The number of nitrogens with zero attached hydrogens (tertiary/aromatic N) is 5. The fraction of sp³-hybridized carbons (Fsp3) is 0.553. The molecule has 6 heterocycles. The number of aromatic nitrogens is 3. The molecule has 62 heavy (non-hydrogen) atoms. The van der Waals surface area contributed by atoms with Crippen LogP contribution >= 0.6 is 11.3 Å². The van der Waals surface area contributed by atoms with Gasteiger partial charge < -0.3 is 41.9 Å². The number of nitrogens with one attached hydrogen (secondary N) is 2. The fourth-order valence-corrected chi connectivity index (χ4v) is 10.2. The molecule has 333 valence electrons. The molecule has 0 aliphatic carbocycles. The van der Waals surface area contributed by atoms with E-state index in [4.69, 9.17) is 19.4 Å². The number of fused-ring (bicyclic) bond motifs is 6. The van der Waals surface area contributed by atoms with Crippen molar-refractivity contribution >= 4 is 45.9 Å². The summed E-state index contributed by atoms with van der Waals surface area (Å²) in [6.45, 7) is 15.1. The van der Waals surface area contributed by atoms with Crippen molar-refractivity contribution in [3.05, 3.63) is 65.6 Å². The maximum Gasteiger partial charge on any atom is 0.310 e. The Morgan fingerprint density at radius 2 is 1.94 bits per heavy atom. The van der Waals surface area contributed by atoms with Gasteiger partial charge in [0, 0.05) is 118 Å². The SMILES string of the molecule is CCn1c(-c2cccnc2C(C)OC)c2c3cc(ccc31)-c1csc(n1)CC(NC(=O)C(C(C)C)N(C)C(=O)C1CCNC1)C(=O)N1CCCC(C1)C(=O)OCC(C)(C)C2.[CH3-].[Y]. The number of piperidine rings is 1. The Labute approximate surface area is 396 Å². The van der Waals surface area contributed by atoms with Gasteiger partial charge in [0.15, 0.2) is 0 Å². The second-order valence-corrected chi connectivity index (χ2v) is 18.9. The van der Waals surface area contributed by atoms with Crippen LogP contribution in [-0.4, -0.2) is 107 Å². The molecule has 2 saturated heterocycles. The maximum absolute atomic E-state index is 14.6. The van der Waals surface area contributed by atoms with E-state index in [1.165, 1.54) is 11.3 Å². The molecule has 2 N–H and O–H groups in total. The number of likely N-dealkylation sites (N-methyl/N-ethyl adjacent to an activating group) is 1. The van der Waals surface area contributed by atoms with Gasteiger partial charge in [0.2, 0.25) is 17.7 Å². The van der Waals surface area contributed by atoms with E-state index in [1.807, 2.05) is 32.2 Å². The van der Waals surface area contributed by atoms with E-state index < -0.39 is 23.4 Å². The molecule has 1 aromatic carbocycles.